The summed E-state index contributed by atoms with van der Waals surface area (Å²) >= 11 is 3.15. The number of rotatable bonds is 8. The number of nitrogens with one attached hydrogen (secondary N) is 2. The van der Waals surface area contributed by atoms with Crippen molar-refractivity contribution >= 4 is 37.8 Å². The highest BCUT2D eigenvalue weighted by atomic mass is 79.9. The normalized spacial score (nSPS) is 10.6. The number of sulfonamides is 1. The summed E-state index contributed by atoms with van der Waals surface area (Å²) in [6.45, 7) is -0.561. The fourth-order valence-corrected chi connectivity index (χ4v) is 3.48. The molecule has 1 aromatic carbocycles. The minimum Gasteiger partial charge on any atom is -0.456 e. The molecule has 0 heterocycles. The van der Waals surface area contributed by atoms with E-state index in [4.69, 9.17) is 6.42 Å². The monoisotopic (exact) mass is 402 g/mol. The second-order valence-corrected chi connectivity index (χ2v) is 6.81. The molecule has 23 heavy (non-hydrogen) atoms. The molecule has 1 rings (SSSR count). The highest BCUT2D eigenvalue weighted by molar-refractivity contribution is 9.10. The van der Waals surface area contributed by atoms with E-state index < -0.39 is 28.5 Å². The first-order chi connectivity index (χ1) is 10.9. The molecule has 0 radical (unpaired) electrons. The molecule has 0 atom stereocenters. The summed E-state index contributed by atoms with van der Waals surface area (Å²) in [5, 5.41) is 2.33. The van der Waals surface area contributed by atoms with Gasteiger partial charge in [0.05, 0.1) is 17.9 Å². The van der Waals surface area contributed by atoms with Gasteiger partial charge in [-0.3, -0.25) is 9.59 Å². The van der Waals surface area contributed by atoms with Crippen molar-refractivity contribution in [3.05, 3.63) is 28.7 Å². The molecular formula is C14H15BrN2O5S. The third-order valence-electron chi connectivity index (χ3n) is 2.50. The van der Waals surface area contributed by atoms with Gasteiger partial charge in [-0.05, 0) is 28.1 Å². The van der Waals surface area contributed by atoms with Gasteiger partial charge in [0.15, 0.2) is 6.61 Å². The molecule has 0 unspecified atom stereocenters. The lowest BCUT2D eigenvalue weighted by molar-refractivity contribution is -0.148. The summed E-state index contributed by atoms with van der Waals surface area (Å²) in [5.74, 6) is 0.983. The Kier molecular flexibility index (Phi) is 7.74. The highest BCUT2D eigenvalue weighted by Gasteiger charge is 2.17. The third-order valence-corrected chi connectivity index (χ3v) is 4.97. The Morgan fingerprint density at radius 3 is 2.65 bits per heavy atom. The van der Waals surface area contributed by atoms with Crippen molar-refractivity contribution in [1.82, 2.24) is 10.0 Å². The largest absolute Gasteiger partial charge is 0.456 e. The van der Waals surface area contributed by atoms with Crippen LogP contribution >= 0.6 is 15.9 Å². The van der Waals surface area contributed by atoms with Crippen molar-refractivity contribution in [3.63, 3.8) is 0 Å². The number of amides is 1. The van der Waals surface area contributed by atoms with Crippen LogP contribution in [0.25, 0.3) is 0 Å². The summed E-state index contributed by atoms with van der Waals surface area (Å²) in [6, 6.07) is 6.30. The number of halogens is 1. The van der Waals surface area contributed by atoms with E-state index in [0.717, 1.165) is 0 Å². The molecular weight excluding hydrogens is 388 g/mol. The average molecular weight is 403 g/mol. The van der Waals surface area contributed by atoms with E-state index in [1.807, 2.05) is 0 Å². The van der Waals surface area contributed by atoms with Crippen LogP contribution in [0.2, 0.25) is 0 Å². The van der Waals surface area contributed by atoms with E-state index in [-0.39, 0.29) is 24.4 Å². The van der Waals surface area contributed by atoms with E-state index in [2.05, 4.69) is 36.6 Å². The van der Waals surface area contributed by atoms with Crippen molar-refractivity contribution < 1.29 is 22.7 Å². The zero-order chi connectivity index (χ0) is 17.3. The van der Waals surface area contributed by atoms with Crippen LogP contribution in [0.4, 0.5) is 0 Å². The molecule has 0 saturated heterocycles. The Morgan fingerprint density at radius 2 is 2.00 bits per heavy atom. The lowest BCUT2D eigenvalue weighted by Gasteiger charge is -2.08. The van der Waals surface area contributed by atoms with E-state index in [9.17, 15) is 18.0 Å². The minimum absolute atomic E-state index is 0.0438. The molecule has 0 bridgehead atoms. The number of ether oxygens (including phenoxy) is 1. The van der Waals surface area contributed by atoms with Crippen LogP contribution in [-0.4, -0.2) is 40.0 Å². The molecule has 0 saturated carbocycles. The van der Waals surface area contributed by atoms with Gasteiger partial charge in [0.25, 0.3) is 5.91 Å². The number of carbonyl (C=O) groups is 2. The molecule has 0 aromatic heterocycles. The molecule has 0 aliphatic heterocycles. The van der Waals surface area contributed by atoms with Crippen molar-refractivity contribution in [3.8, 4) is 12.3 Å². The first kappa shape index (κ1) is 19.2. The van der Waals surface area contributed by atoms with Crippen LogP contribution in [-0.2, 0) is 24.3 Å². The zero-order valence-corrected chi connectivity index (χ0v) is 14.4. The van der Waals surface area contributed by atoms with Crippen LogP contribution in [0.5, 0.6) is 0 Å². The Hall–Kier alpha value is -1.89. The first-order valence-corrected chi connectivity index (χ1v) is 8.74. The van der Waals surface area contributed by atoms with Crippen molar-refractivity contribution in [2.75, 3.05) is 19.7 Å². The molecule has 0 spiro atoms. The Morgan fingerprint density at radius 1 is 1.30 bits per heavy atom. The fraction of sp³-hybridized carbons (Fsp3) is 0.286. The maximum absolute atomic E-state index is 12.0. The highest BCUT2D eigenvalue weighted by Crippen LogP contribution is 2.20. The first-order valence-electron chi connectivity index (χ1n) is 6.47. The van der Waals surface area contributed by atoms with Gasteiger partial charge in [-0.1, -0.05) is 18.1 Å². The van der Waals surface area contributed by atoms with Crippen molar-refractivity contribution in [2.45, 2.75) is 11.3 Å². The summed E-state index contributed by atoms with van der Waals surface area (Å²) < 4.78 is 31.5. The average Bonchev–Trinajstić information content (AvgIpc) is 2.51. The second-order valence-electron chi connectivity index (χ2n) is 4.22. The Bertz CT molecular complexity index is 712. The van der Waals surface area contributed by atoms with Gasteiger partial charge < -0.3 is 10.1 Å². The molecule has 7 nitrogen and oxygen atoms in total. The number of benzene rings is 1. The number of hydrogen-bond donors (Lipinski definition) is 2. The molecule has 0 aliphatic carbocycles. The predicted octanol–water partition coefficient (Wildman–Crippen LogP) is 0.410. The van der Waals surface area contributed by atoms with E-state index in [0.29, 0.717) is 4.47 Å². The summed E-state index contributed by atoms with van der Waals surface area (Å²) in [7, 11) is -3.74. The predicted molar refractivity (Wildman–Crippen MR) is 86.7 cm³/mol. The zero-order valence-electron chi connectivity index (χ0n) is 12.0. The molecule has 1 aromatic rings. The summed E-state index contributed by atoms with van der Waals surface area (Å²) in [6.07, 6.45) is 4.75. The standard InChI is InChI=1S/C14H15BrN2O5S/c1-2-8-16-13(18)10-22-14(19)7-9-17-23(20,21)12-6-4-3-5-11(12)15/h1,3-6,17H,7-10H2,(H,16,18). The number of carbonyl (C=O) groups excluding carboxylic acids is 2. The summed E-state index contributed by atoms with van der Waals surface area (Å²) in [5.41, 5.74) is 0. The lowest BCUT2D eigenvalue weighted by atomic mass is 10.4. The van der Waals surface area contributed by atoms with Gasteiger partial charge in [-0.15, -0.1) is 6.42 Å². The van der Waals surface area contributed by atoms with Crippen LogP contribution < -0.4 is 10.0 Å². The summed E-state index contributed by atoms with van der Waals surface area (Å²) in [4.78, 5) is 22.7. The number of terminal acetylenes is 1. The van der Waals surface area contributed by atoms with E-state index >= 15 is 0 Å². The van der Waals surface area contributed by atoms with E-state index in [1.165, 1.54) is 6.07 Å². The molecule has 2 N–H and O–H groups in total. The number of esters is 1. The topological polar surface area (TPSA) is 102 Å². The SMILES string of the molecule is C#CCNC(=O)COC(=O)CCNS(=O)(=O)c1ccccc1Br. The Labute approximate surface area is 143 Å². The van der Waals surface area contributed by atoms with E-state index in [1.54, 1.807) is 18.2 Å². The fourth-order valence-electron chi connectivity index (χ4n) is 1.45. The van der Waals surface area contributed by atoms with Gasteiger partial charge in [0, 0.05) is 11.0 Å². The third kappa shape index (κ3) is 6.81. The molecule has 0 fully saturated rings. The molecule has 1 amide bonds. The van der Waals surface area contributed by atoms with Crippen LogP contribution in [0.15, 0.2) is 33.6 Å². The van der Waals surface area contributed by atoms with Crippen molar-refractivity contribution in [1.29, 1.82) is 0 Å². The second kappa shape index (κ2) is 9.29. The van der Waals surface area contributed by atoms with Gasteiger partial charge >= 0.3 is 5.97 Å². The minimum atomic E-state index is -3.74. The number of hydrogen-bond acceptors (Lipinski definition) is 5. The quantitative estimate of drug-likeness (QED) is 0.484. The van der Waals surface area contributed by atoms with Crippen molar-refractivity contribution in [2.24, 2.45) is 0 Å². The van der Waals surface area contributed by atoms with Gasteiger partial charge in [-0.2, -0.15) is 0 Å². The van der Waals surface area contributed by atoms with Gasteiger partial charge in [-0.25, -0.2) is 13.1 Å². The molecule has 9 heteroatoms. The smallest absolute Gasteiger partial charge is 0.307 e. The Balaban J connectivity index is 2.39. The van der Waals surface area contributed by atoms with Crippen LogP contribution in [0.1, 0.15) is 6.42 Å². The lowest BCUT2D eigenvalue weighted by Crippen LogP contribution is -2.30. The van der Waals surface area contributed by atoms with Crippen LogP contribution in [0.3, 0.4) is 0 Å². The molecule has 124 valence electrons. The van der Waals surface area contributed by atoms with Gasteiger partial charge in [0.1, 0.15) is 0 Å². The molecule has 0 aliphatic rings. The maximum atomic E-state index is 12.0. The maximum Gasteiger partial charge on any atom is 0.307 e. The van der Waals surface area contributed by atoms with Gasteiger partial charge in [0.2, 0.25) is 10.0 Å². The van der Waals surface area contributed by atoms with Crippen LogP contribution in [0, 0.1) is 12.3 Å².